The third kappa shape index (κ3) is 2.08. The lowest BCUT2D eigenvalue weighted by Crippen LogP contribution is -2.09. The van der Waals surface area contributed by atoms with Gasteiger partial charge in [-0.3, -0.25) is 9.36 Å². The van der Waals surface area contributed by atoms with Crippen LogP contribution in [0.4, 0.5) is 0 Å². The van der Waals surface area contributed by atoms with Gasteiger partial charge in [0.2, 0.25) is 5.91 Å². The predicted molar refractivity (Wildman–Crippen MR) is 70.8 cm³/mol. The molecule has 0 spiro atoms. The van der Waals surface area contributed by atoms with Crippen molar-refractivity contribution in [2.75, 3.05) is 0 Å². The van der Waals surface area contributed by atoms with Gasteiger partial charge >= 0.3 is 0 Å². The highest BCUT2D eigenvalue weighted by molar-refractivity contribution is 7.73. The molecule has 2 aromatic rings. The molecular weight excluding hydrogens is 238 g/mol. The number of para-hydroxylation sites is 1. The Balaban J connectivity index is 2.47. The van der Waals surface area contributed by atoms with Crippen LogP contribution < -0.4 is 0 Å². The van der Waals surface area contributed by atoms with Crippen molar-refractivity contribution < 1.29 is 4.79 Å². The molecule has 0 bridgehead atoms. The summed E-state index contributed by atoms with van der Waals surface area (Å²) in [6.45, 7) is 2.08. The van der Waals surface area contributed by atoms with E-state index < -0.39 is 0 Å². The molecule has 1 heterocycles. The Hall–Kier alpha value is -1.00. The zero-order chi connectivity index (χ0) is 11.5. The topological polar surface area (TPSA) is 22.0 Å². The minimum absolute atomic E-state index is 0.115. The third-order valence-corrected chi connectivity index (χ3v) is 3.83. The molecule has 0 amide bonds. The third-order valence-electron chi connectivity index (χ3n) is 2.48. The van der Waals surface area contributed by atoms with Crippen molar-refractivity contribution in [3.63, 3.8) is 0 Å². The monoisotopic (exact) mass is 251 g/mol. The second-order valence-electron chi connectivity index (χ2n) is 3.67. The van der Waals surface area contributed by atoms with Crippen molar-refractivity contribution in [3.05, 3.63) is 28.2 Å². The van der Waals surface area contributed by atoms with E-state index in [1.54, 1.807) is 4.57 Å². The van der Waals surface area contributed by atoms with Gasteiger partial charge in [0.05, 0.1) is 10.2 Å². The van der Waals surface area contributed by atoms with Crippen LogP contribution >= 0.6 is 23.6 Å². The predicted octanol–water partition coefficient (Wildman–Crippen LogP) is 4.26. The Bertz CT molecular complexity index is 568. The van der Waals surface area contributed by atoms with Gasteiger partial charge in [0.15, 0.2) is 3.95 Å². The highest BCUT2D eigenvalue weighted by atomic mass is 32.1. The average Bonchev–Trinajstić information content (AvgIpc) is 2.62. The minimum atomic E-state index is 0.115. The van der Waals surface area contributed by atoms with Crippen molar-refractivity contribution in [1.29, 1.82) is 0 Å². The summed E-state index contributed by atoms with van der Waals surface area (Å²) < 4.78 is 3.41. The number of nitrogens with zero attached hydrogens (tertiary/aromatic N) is 1. The van der Waals surface area contributed by atoms with Crippen LogP contribution in [0.2, 0.25) is 0 Å². The number of rotatable bonds is 3. The molecular formula is C12H13NOS2. The molecule has 84 valence electrons. The summed E-state index contributed by atoms with van der Waals surface area (Å²) in [5, 5.41) is 0. The van der Waals surface area contributed by atoms with Gasteiger partial charge in [-0.1, -0.05) is 25.5 Å². The molecule has 2 nitrogen and oxygen atoms in total. The largest absolute Gasteiger partial charge is 0.274 e. The van der Waals surface area contributed by atoms with Crippen LogP contribution in [-0.4, -0.2) is 10.5 Å². The zero-order valence-corrected chi connectivity index (χ0v) is 10.7. The molecule has 1 aromatic carbocycles. The van der Waals surface area contributed by atoms with Crippen LogP contribution in [0.3, 0.4) is 0 Å². The fourth-order valence-electron chi connectivity index (χ4n) is 1.64. The van der Waals surface area contributed by atoms with Gasteiger partial charge in [0.25, 0.3) is 0 Å². The van der Waals surface area contributed by atoms with E-state index in [1.165, 1.54) is 11.3 Å². The van der Waals surface area contributed by atoms with E-state index in [0.717, 1.165) is 23.1 Å². The van der Waals surface area contributed by atoms with E-state index in [-0.39, 0.29) is 5.91 Å². The van der Waals surface area contributed by atoms with E-state index in [4.69, 9.17) is 12.2 Å². The first-order chi connectivity index (χ1) is 7.74. The Kier molecular flexibility index (Phi) is 3.51. The molecule has 0 atom stereocenters. The van der Waals surface area contributed by atoms with Crippen molar-refractivity contribution >= 4 is 39.7 Å². The lowest BCUT2D eigenvalue weighted by Gasteiger charge is -2.02. The average molecular weight is 251 g/mol. The van der Waals surface area contributed by atoms with Crippen molar-refractivity contribution in [2.24, 2.45) is 0 Å². The fraction of sp³-hybridized carbons (Fsp3) is 0.333. The van der Waals surface area contributed by atoms with Gasteiger partial charge in [0, 0.05) is 6.42 Å². The smallest absolute Gasteiger partial charge is 0.232 e. The number of carbonyl (C=O) groups is 1. The van der Waals surface area contributed by atoms with E-state index in [0.29, 0.717) is 10.4 Å². The summed E-state index contributed by atoms with van der Waals surface area (Å²) in [4.78, 5) is 12.0. The van der Waals surface area contributed by atoms with Crippen LogP contribution in [0.5, 0.6) is 0 Å². The Morgan fingerprint density at radius 1 is 1.44 bits per heavy atom. The molecule has 2 rings (SSSR count). The quantitative estimate of drug-likeness (QED) is 0.760. The first-order valence-corrected chi connectivity index (χ1v) is 6.60. The molecule has 0 radical (unpaired) electrons. The van der Waals surface area contributed by atoms with Crippen molar-refractivity contribution in [2.45, 2.75) is 26.2 Å². The summed E-state index contributed by atoms with van der Waals surface area (Å²) >= 11 is 6.74. The van der Waals surface area contributed by atoms with Crippen LogP contribution in [0.25, 0.3) is 10.2 Å². The van der Waals surface area contributed by atoms with Crippen molar-refractivity contribution in [3.8, 4) is 0 Å². The maximum atomic E-state index is 12.0. The van der Waals surface area contributed by atoms with Gasteiger partial charge in [-0.25, -0.2) is 0 Å². The molecule has 1 aromatic heterocycles. The maximum Gasteiger partial charge on any atom is 0.232 e. The number of fused-ring (bicyclic) bond motifs is 1. The molecule has 0 saturated heterocycles. The molecule has 0 fully saturated rings. The Labute approximate surface area is 104 Å². The number of benzene rings is 1. The molecule has 0 aliphatic heterocycles. The standard InChI is InChI=1S/C12H13NOS2/c1-2-3-8-11(14)13-9-6-4-5-7-10(9)16-12(13)15/h4-7H,2-3,8H2,1H3. The molecule has 0 aliphatic rings. The second-order valence-corrected chi connectivity index (χ2v) is 5.34. The molecule has 0 saturated carbocycles. The number of hydrogen-bond acceptors (Lipinski definition) is 3. The highest BCUT2D eigenvalue weighted by Gasteiger charge is 2.10. The second kappa shape index (κ2) is 4.89. The van der Waals surface area contributed by atoms with E-state index >= 15 is 0 Å². The Morgan fingerprint density at radius 3 is 2.94 bits per heavy atom. The molecule has 0 N–H and O–H groups in total. The van der Waals surface area contributed by atoms with E-state index in [9.17, 15) is 4.79 Å². The maximum absolute atomic E-state index is 12.0. The van der Waals surface area contributed by atoms with Crippen LogP contribution in [0.15, 0.2) is 24.3 Å². The van der Waals surface area contributed by atoms with Gasteiger partial charge < -0.3 is 0 Å². The Morgan fingerprint density at radius 2 is 2.19 bits per heavy atom. The molecule has 4 heteroatoms. The van der Waals surface area contributed by atoms with Crippen molar-refractivity contribution in [1.82, 2.24) is 4.57 Å². The summed E-state index contributed by atoms with van der Waals surface area (Å²) in [5.74, 6) is 0.115. The van der Waals surface area contributed by atoms with Gasteiger partial charge in [-0.15, -0.1) is 11.3 Å². The first kappa shape index (κ1) is 11.5. The van der Waals surface area contributed by atoms with Crippen LogP contribution in [0, 0.1) is 3.95 Å². The van der Waals surface area contributed by atoms with Crippen LogP contribution in [0.1, 0.15) is 31.0 Å². The zero-order valence-electron chi connectivity index (χ0n) is 9.10. The van der Waals surface area contributed by atoms with E-state index in [2.05, 4.69) is 6.92 Å². The normalized spacial score (nSPS) is 10.8. The first-order valence-electron chi connectivity index (χ1n) is 5.38. The summed E-state index contributed by atoms with van der Waals surface area (Å²) in [5.41, 5.74) is 0.943. The number of carbonyl (C=O) groups excluding carboxylic acids is 1. The number of aromatic nitrogens is 1. The van der Waals surface area contributed by atoms with Gasteiger partial charge in [-0.2, -0.15) is 0 Å². The number of unbranched alkanes of at least 4 members (excludes halogenated alkanes) is 1. The lowest BCUT2D eigenvalue weighted by atomic mass is 10.2. The fourth-order valence-corrected chi connectivity index (χ4v) is 3.00. The lowest BCUT2D eigenvalue weighted by molar-refractivity contribution is 0.0904. The molecule has 0 aliphatic carbocycles. The van der Waals surface area contributed by atoms with Crippen LogP contribution in [-0.2, 0) is 0 Å². The summed E-state index contributed by atoms with van der Waals surface area (Å²) in [6.07, 6.45) is 2.53. The minimum Gasteiger partial charge on any atom is -0.274 e. The SMILES string of the molecule is CCCCC(=O)n1c(=S)sc2ccccc21. The highest BCUT2D eigenvalue weighted by Crippen LogP contribution is 2.23. The summed E-state index contributed by atoms with van der Waals surface area (Å²) in [6, 6.07) is 7.85. The number of thiazole rings is 1. The van der Waals surface area contributed by atoms with Gasteiger partial charge in [-0.05, 0) is 30.8 Å². The van der Waals surface area contributed by atoms with Gasteiger partial charge in [0.1, 0.15) is 0 Å². The number of hydrogen-bond donors (Lipinski definition) is 0. The molecule has 16 heavy (non-hydrogen) atoms. The molecule has 0 unspecified atom stereocenters. The summed E-state index contributed by atoms with van der Waals surface area (Å²) in [7, 11) is 0. The van der Waals surface area contributed by atoms with E-state index in [1.807, 2.05) is 24.3 Å².